The molecule has 0 bridgehead atoms. The number of nitrogens with zero attached hydrogens (tertiary/aromatic N) is 3. The number of hydrogen-bond donors (Lipinski definition) is 1. The second-order valence-electron chi connectivity index (χ2n) is 6.14. The minimum absolute atomic E-state index is 0.00263. The van der Waals surface area contributed by atoms with Gasteiger partial charge in [-0.3, -0.25) is 4.79 Å². The third kappa shape index (κ3) is 3.35. The van der Waals surface area contributed by atoms with Gasteiger partial charge >= 0.3 is 0 Å². The lowest BCUT2D eigenvalue weighted by molar-refractivity contribution is 0.0708. The minimum Gasteiger partial charge on any atom is -0.486 e. The van der Waals surface area contributed by atoms with Crippen LogP contribution in [0.1, 0.15) is 23.2 Å². The number of ether oxygens (including phenoxy) is 2. The van der Waals surface area contributed by atoms with Gasteiger partial charge in [-0.15, -0.1) is 0 Å². The van der Waals surface area contributed by atoms with E-state index in [0.717, 1.165) is 18.7 Å². The van der Waals surface area contributed by atoms with E-state index in [1.165, 1.54) is 6.33 Å². The van der Waals surface area contributed by atoms with Gasteiger partial charge in [0.25, 0.3) is 5.91 Å². The molecule has 2 aliphatic heterocycles. The number of hydrogen-bond acceptors (Lipinski definition) is 6. The summed E-state index contributed by atoms with van der Waals surface area (Å²) in [6, 6.07) is 7.64. The molecule has 0 atom stereocenters. The lowest BCUT2D eigenvalue weighted by Gasteiger charge is -2.33. The van der Waals surface area contributed by atoms with Crippen LogP contribution in [-0.4, -0.2) is 53.1 Å². The fraction of sp³-hybridized carbons (Fsp3) is 0.389. The van der Waals surface area contributed by atoms with Crippen LogP contribution >= 0.6 is 0 Å². The van der Waals surface area contributed by atoms with Crippen LogP contribution < -0.4 is 14.8 Å². The van der Waals surface area contributed by atoms with Crippen LogP contribution in [0.2, 0.25) is 0 Å². The number of aromatic nitrogens is 2. The Morgan fingerprint density at radius 1 is 1.16 bits per heavy atom. The van der Waals surface area contributed by atoms with Crippen LogP contribution in [0.25, 0.3) is 0 Å². The van der Waals surface area contributed by atoms with Crippen molar-refractivity contribution in [1.82, 2.24) is 14.9 Å². The molecule has 1 saturated heterocycles. The maximum absolute atomic E-state index is 12.9. The van der Waals surface area contributed by atoms with E-state index in [4.69, 9.17) is 9.47 Å². The fourth-order valence-corrected chi connectivity index (χ4v) is 3.22. The first kappa shape index (κ1) is 15.7. The summed E-state index contributed by atoms with van der Waals surface area (Å²) in [7, 11) is 0. The number of likely N-dealkylation sites (tertiary alicyclic amines) is 1. The van der Waals surface area contributed by atoms with Crippen LogP contribution in [0.15, 0.2) is 36.8 Å². The summed E-state index contributed by atoms with van der Waals surface area (Å²) in [6.45, 7) is 2.39. The van der Waals surface area contributed by atoms with Gasteiger partial charge in [-0.05, 0) is 31.0 Å². The van der Waals surface area contributed by atoms with Crippen LogP contribution in [0.4, 0.5) is 5.82 Å². The Morgan fingerprint density at radius 2 is 2.00 bits per heavy atom. The summed E-state index contributed by atoms with van der Waals surface area (Å²) in [5, 5.41) is 3.40. The molecule has 7 nitrogen and oxygen atoms in total. The Bertz CT molecular complexity index is 745. The van der Waals surface area contributed by atoms with Gasteiger partial charge in [0.15, 0.2) is 11.5 Å². The molecule has 130 valence electrons. The molecule has 0 radical (unpaired) electrons. The lowest BCUT2D eigenvalue weighted by Crippen LogP contribution is -2.42. The van der Waals surface area contributed by atoms with E-state index in [2.05, 4.69) is 15.3 Å². The summed E-state index contributed by atoms with van der Waals surface area (Å²) in [5.74, 6) is 2.04. The Hall–Kier alpha value is -2.83. The number of para-hydroxylation sites is 1. The number of anilines is 1. The zero-order valence-corrected chi connectivity index (χ0v) is 13.9. The summed E-state index contributed by atoms with van der Waals surface area (Å²) >= 11 is 0. The van der Waals surface area contributed by atoms with Crippen molar-refractivity contribution in [2.24, 2.45) is 0 Å². The predicted molar refractivity (Wildman–Crippen MR) is 92.0 cm³/mol. The van der Waals surface area contributed by atoms with Gasteiger partial charge in [0, 0.05) is 25.3 Å². The van der Waals surface area contributed by atoms with Crippen LogP contribution in [0.5, 0.6) is 11.5 Å². The third-order valence-corrected chi connectivity index (χ3v) is 4.51. The highest BCUT2D eigenvalue weighted by atomic mass is 16.6. The number of carbonyl (C=O) groups excluding carboxylic acids is 1. The predicted octanol–water partition coefficient (Wildman–Crippen LogP) is 1.96. The van der Waals surface area contributed by atoms with Gasteiger partial charge in [0.1, 0.15) is 25.4 Å². The molecule has 2 aromatic rings. The molecule has 0 spiro atoms. The van der Waals surface area contributed by atoms with Gasteiger partial charge < -0.3 is 19.7 Å². The molecule has 0 aliphatic carbocycles. The van der Waals surface area contributed by atoms with E-state index >= 15 is 0 Å². The molecule has 1 aromatic carbocycles. The molecule has 4 rings (SSSR count). The van der Waals surface area contributed by atoms with Gasteiger partial charge in [-0.1, -0.05) is 6.07 Å². The Balaban J connectivity index is 1.40. The van der Waals surface area contributed by atoms with E-state index in [9.17, 15) is 4.79 Å². The molecule has 1 amide bonds. The number of piperidine rings is 1. The van der Waals surface area contributed by atoms with E-state index in [1.807, 2.05) is 23.1 Å². The van der Waals surface area contributed by atoms with Crippen LogP contribution in [-0.2, 0) is 0 Å². The highest BCUT2D eigenvalue weighted by Crippen LogP contribution is 2.34. The Labute approximate surface area is 146 Å². The van der Waals surface area contributed by atoms with Crippen molar-refractivity contribution < 1.29 is 14.3 Å². The van der Waals surface area contributed by atoms with Crippen LogP contribution in [0.3, 0.4) is 0 Å². The van der Waals surface area contributed by atoms with Gasteiger partial charge in [-0.2, -0.15) is 0 Å². The van der Waals surface area contributed by atoms with Crippen molar-refractivity contribution in [1.29, 1.82) is 0 Å². The molecule has 25 heavy (non-hydrogen) atoms. The SMILES string of the molecule is O=C(c1cccc2c1OCCO2)N1CCC(Nc2ccncn2)CC1. The third-order valence-electron chi connectivity index (χ3n) is 4.51. The van der Waals surface area contributed by atoms with Crippen molar-refractivity contribution in [3.63, 3.8) is 0 Å². The second-order valence-corrected chi connectivity index (χ2v) is 6.14. The number of benzene rings is 1. The van der Waals surface area contributed by atoms with Crippen molar-refractivity contribution >= 4 is 11.7 Å². The molecule has 1 fully saturated rings. The van der Waals surface area contributed by atoms with Crippen molar-refractivity contribution in [3.8, 4) is 11.5 Å². The smallest absolute Gasteiger partial charge is 0.257 e. The summed E-state index contributed by atoms with van der Waals surface area (Å²) in [4.78, 5) is 22.9. The average molecular weight is 340 g/mol. The molecule has 2 aliphatic rings. The molecule has 0 unspecified atom stereocenters. The zero-order valence-electron chi connectivity index (χ0n) is 13.9. The van der Waals surface area contributed by atoms with E-state index < -0.39 is 0 Å². The quantitative estimate of drug-likeness (QED) is 0.920. The van der Waals surface area contributed by atoms with Crippen molar-refractivity contribution in [2.75, 3.05) is 31.6 Å². The topological polar surface area (TPSA) is 76.6 Å². The van der Waals surface area contributed by atoms with E-state index in [1.54, 1.807) is 12.3 Å². The maximum atomic E-state index is 12.9. The minimum atomic E-state index is 0.00263. The molecule has 3 heterocycles. The van der Waals surface area contributed by atoms with Crippen LogP contribution in [0, 0.1) is 0 Å². The molecular weight excluding hydrogens is 320 g/mol. The number of nitrogens with one attached hydrogen (secondary N) is 1. The number of fused-ring (bicyclic) bond motifs is 1. The average Bonchev–Trinajstić information content (AvgIpc) is 2.68. The van der Waals surface area contributed by atoms with Gasteiger partial charge in [0.2, 0.25) is 0 Å². The molecule has 0 saturated carbocycles. The number of amides is 1. The molecule has 7 heteroatoms. The van der Waals surface area contributed by atoms with E-state index in [0.29, 0.717) is 49.4 Å². The second kappa shape index (κ2) is 6.96. The fourth-order valence-electron chi connectivity index (χ4n) is 3.22. The first-order valence-electron chi connectivity index (χ1n) is 8.52. The molecule has 1 N–H and O–H groups in total. The van der Waals surface area contributed by atoms with Crippen molar-refractivity contribution in [3.05, 3.63) is 42.4 Å². The lowest BCUT2D eigenvalue weighted by atomic mass is 10.0. The first-order chi connectivity index (χ1) is 12.3. The van der Waals surface area contributed by atoms with Gasteiger partial charge in [-0.25, -0.2) is 9.97 Å². The van der Waals surface area contributed by atoms with Gasteiger partial charge in [0.05, 0.1) is 5.56 Å². The highest BCUT2D eigenvalue weighted by molar-refractivity contribution is 5.98. The molecule has 1 aromatic heterocycles. The maximum Gasteiger partial charge on any atom is 0.257 e. The summed E-state index contributed by atoms with van der Waals surface area (Å²) in [6.07, 6.45) is 5.00. The Kier molecular flexibility index (Phi) is 4.37. The highest BCUT2D eigenvalue weighted by Gasteiger charge is 2.27. The Morgan fingerprint density at radius 3 is 2.80 bits per heavy atom. The monoisotopic (exact) mass is 340 g/mol. The summed E-state index contributed by atoms with van der Waals surface area (Å²) < 4.78 is 11.2. The molecular formula is C18H20N4O3. The van der Waals surface area contributed by atoms with E-state index in [-0.39, 0.29) is 5.91 Å². The normalized spacial score (nSPS) is 17.2. The number of rotatable bonds is 3. The standard InChI is InChI=1S/C18H20N4O3/c23-18(14-2-1-3-15-17(14)25-11-10-24-15)22-8-5-13(6-9-22)21-16-4-7-19-12-20-16/h1-4,7,12-13H,5-6,8-11H2,(H,19,20,21). The largest absolute Gasteiger partial charge is 0.486 e. The summed E-state index contributed by atoms with van der Waals surface area (Å²) in [5.41, 5.74) is 0.583. The zero-order chi connectivity index (χ0) is 17.1. The first-order valence-corrected chi connectivity index (χ1v) is 8.52. The number of carbonyl (C=O) groups is 1. The van der Waals surface area contributed by atoms with Crippen molar-refractivity contribution in [2.45, 2.75) is 18.9 Å².